The van der Waals surface area contributed by atoms with Gasteiger partial charge in [-0.3, -0.25) is 9.59 Å². The van der Waals surface area contributed by atoms with Crippen molar-refractivity contribution in [2.45, 2.75) is 90.2 Å². The molecule has 1 amide bonds. The fourth-order valence-corrected chi connectivity index (χ4v) is 3.92. The Balaban J connectivity index is 1.72. The second-order valence-electron chi connectivity index (χ2n) is 8.43. The van der Waals surface area contributed by atoms with Crippen molar-refractivity contribution >= 4 is 11.9 Å². The Bertz CT molecular complexity index is 684. The molecule has 1 fully saturated rings. The summed E-state index contributed by atoms with van der Waals surface area (Å²) in [5, 5.41) is 10.3. The average molecular weight is 416 g/mol. The van der Waals surface area contributed by atoms with E-state index in [1.165, 1.54) is 0 Å². The van der Waals surface area contributed by atoms with Crippen molar-refractivity contribution in [3.05, 3.63) is 47.7 Å². The summed E-state index contributed by atoms with van der Waals surface area (Å²) in [7, 11) is 0. The second-order valence-corrected chi connectivity index (χ2v) is 8.43. The molecular formula is C25H37NO4. The molecule has 1 N–H and O–H groups in total. The Morgan fingerprint density at radius 1 is 1.20 bits per heavy atom. The third-order valence-corrected chi connectivity index (χ3v) is 5.44. The van der Waals surface area contributed by atoms with Crippen molar-refractivity contribution in [3.8, 4) is 0 Å². The fraction of sp³-hybridized carbons (Fsp3) is 0.600. The van der Waals surface area contributed by atoms with Crippen LogP contribution in [0.25, 0.3) is 0 Å². The quantitative estimate of drug-likeness (QED) is 0.284. The minimum Gasteiger partial charge on any atom is -0.512 e. The summed E-state index contributed by atoms with van der Waals surface area (Å²) in [5.74, 6) is 0.466. The molecule has 1 aliphatic heterocycles. The number of ether oxygens (including phenoxy) is 1. The molecule has 0 aliphatic carbocycles. The van der Waals surface area contributed by atoms with Gasteiger partial charge in [-0.15, -0.1) is 0 Å². The largest absolute Gasteiger partial charge is 0.512 e. The van der Waals surface area contributed by atoms with Crippen LogP contribution in [-0.2, 0) is 20.7 Å². The van der Waals surface area contributed by atoms with Gasteiger partial charge in [0.05, 0.1) is 11.9 Å². The van der Waals surface area contributed by atoms with E-state index in [0.717, 1.165) is 50.6 Å². The summed E-state index contributed by atoms with van der Waals surface area (Å²) in [6, 6.07) is 10.1. The molecule has 166 valence electrons. The molecule has 5 nitrogen and oxygen atoms in total. The number of piperidine rings is 1. The van der Waals surface area contributed by atoms with Crippen molar-refractivity contribution in [3.63, 3.8) is 0 Å². The highest BCUT2D eigenvalue weighted by molar-refractivity contribution is 5.77. The molecule has 0 bridgehead atoms. The molecule has 30 heavy (non-hydrogen) atoms. The van der Waals surface area contributed by atoms with Crippen LogP contribution in [0.4, 0.5) is 0 Å². The fourth-order valence-electron chi connectivity index (χ4n) is 3.92. The molecule has 0 spiro atoms. The summed E-state index contributed by atoms with van der Waals surface area (Å²) in [6.07, 6.45) is 9.80. The lowest BCUT2D eigenvalue weighted by Gasteiger charge is -2.35. The number of hydrogen-bond donors (Lipinski definition) is 1. The Morgan fingerprint density at radius 2 is 1.93 bits per heavy atom. The topological polar surface area (TPSA) is 66.8 Å². The molecule has 2 rings (SSSR count). The van der Waals surface area contributed by atoms with E-state index in [0.29, 0.717) is 31.4 Å². The summed E-state index contributed by atoms with van der Waals surface area (Å²) in [6.45, 7) is 4.48. The van der Waals surface area contributed by atoms with Crippen LogP contribution in [0.1, 0.15) is 77.2 Å². The Hall–Kier alpha value is -2.30. The number of carbonyl (C=O) groups excluding carboxylic acids is 2. The van der Waals surface area contributed by atoms with Crippen molar-refractivity contribution in [1.82, 2.24) is 4.90 Å². The number of aliphatic hydroxyl groups excluding tert-OH is 1. The average Bonchev–Trinajstić information content (AvgIpc) is 2.70. The molecule has 0 aromatic heterocycles. The number of esters is 1. The van der Waals surface area contributed by atoms with Gasteiger partial charge in [0.15, 0.2) is 0 Å². The minimum atomic E-state index is -0.127. The standard InChI is InChI=1S/C25H37NO4/c1-20(2)30-25(29)15-8-3-4-9-18-26-22(13-10-14-24(26)28)16-17-23(27)19-21-11-6-5-7-12-21/h5-7,11-12,17,20,22,27H,3-4,8-10,13-16,18-19H2,1-2H3/b23-17-/t22-/m1/s1. The highest BCUT2D eigenvalue weighted by Crippen LogP contribution is 2.23. The number of amides is 1. The highest BCUT2D eigenvalue weighted by atomic mass is 16.5. The van der Waals surface area contributed by atoms with E-state index in [1.54, 1.807) is 0 Å². The van der Waals surface area contributed by atoms with E-state index in [1.807, 2.05) is 55.2 Å². The molecule has 1 aromatic rings. The van der Waals surface area contributed by atoms with E-state index in [-0.39, 0.29) is 24.0 Å². The molecule has 0 saturated carbocycles. The van der Waals surface area contributed by atoms with Crippen LogP contribution in [0.5, 0.6) is 0 Å². The lowest BCUT2D eigenvalue weighted by atomic mass is 9.97. The van der Waals surface area contributed by atoms with Gasteiger partial charge in [-0.2, -0.15) is 0 Å². The lowest BCUT2D eigenvalue weighted by Crippen LogP contribution is -2.43. The van der Waals surface area contributed by atoms with E-state index in [9.17, 15) is 14.7 Å². The van der Waals surface area contributed by atoms with Crippen molar-refractivity contribution in [1.29, 1.82) is 0 Å². The first kappa shape index (κ1) is 24.0. The zero-order valence-electron chi connectivity index (χ0n) is 18.5. The van der Waals surface area contributed by atoms with Crippen molar-refractivity contribution in [2.75, 3.05) is 6.54 Å². The molecule has 1 heterocycles. The molecule has 1 saturated heterocycles. The monoisotopic (exact) mass is 415 g/mol. The van der Waals surface area contributed by atoms with Gasteiger partial charge in [-0.05, 0) is 57.6 Å². The molecule has 0 radical (unpaired) electrons. The van der Waals surface area contributed by atoms with Gasteiger partial charge in [0.1, 0.15) is 0 Å². The third kappa shape index (κ3) is 9.02. The maximum absolute atomic E-state index is 12.4. The number of unbranched alkanes of at least 4 members (excludes halogenated alkanes) is 3. The second kappa shape index (κ2) is 13.1. The third-order valence-electron chi connectivity index (χ3n) is 5.44. The first-order chi connectivity index (χ1) is 14.5. The van der Waals surface area contributed by atoms with Gasteiger partial charge in [0, 0.05) is 31.8 Å². The van der Waals surface area contributed by atoms with Gasteiger partial charge in [0.25, 0.3) is 0 Å². The van der Waals surface area contributed by atoms with Gasteiger partial charge in [-0.1, -0.05) is 43.2 Å². The van der Waals surface area contributed by atoms with E-state index >= 15 is 0 Å². The summed E-state index contributed by atoms with van der Waals surface area (Å²) in [4.78, 5) is 26.0. The van der Waals surface area contributed by atoms with Crippen molar-refractivity contribution < 1.29 is 19.4 Å². The van der Waals surface area contributed by atoms with Gasteiger partial charge >= 0.3 is 5.97 Å². The maximum Gasteiger partial charge on any atom is 0.306 e. The van der Waals surface area contributed by atoms with Crippen LogP contribution >= 0.6 is 0 Å². The first-order valence-electron chi connectivity index (χ1n) is 11.4. The van der Waals surface area contributed by atoms with Gasteiger partial charge in [-0.25, -0.2) is 0 Å². The van der Waals surface area contributed by atoms with Crippen LogP contribution in [0.2, 0.25) is 0 Å². The van der Waals surface area contributed by atoms with Gasteiger partial charge in [0.2, 0.25) is 5.91 Å². The number of carbonyl (C=O) groups is 2. The Labute approximate surface area is 181 Å². The van der Waals surface area contributed by atoms with Crippen LogP contribution in [-0.4, -0.2) is 40.6 Å². The van der Waals surface area contributed by atoms with Crippen LogP contribution in [0.3, 0.4) is 0 Å². The number of aliphatic hydroxyl groups is 1. The predicted octanol–water partition coefficient (Wildman–Crippen LogP) is 5.34. The molecular weight excluding hydrogens is 378 g/mol. The number of rotatable bonds is 12. The number of hydrogen-bond acceptors (Lipinski definition) is 4. The smallest absolute Gasteiger partial charge is 0.306 e. The number of likely N-dealkylation sites (tertiary alicyclic amines) is 1. The molecule has 1 atom stereocenters. The number of benzene rings is 1. The Morgan fingerprint density at radius 3 is 2.67 bits per heavy atom. The van der Waals surface area contributed by atoms with E-state index in [2.05, 4.69) is 0 Å². The van der Waals surface area contributed by atoms with E-state index < -0.39 is 0 Å². The highest BCUT2D eigenvalue weighted by Gasteiger charge is 2.26. The summed E-state index contributed by atoms with van der Waals surface area (Å²) < 4.78 is 5.15. The summed E-state index contributed by atoms with van der Waals surface area (Å²) in [5.41, 5.74) is 1.08. The van der Waals surface area contributed by atoms with Crippen LogP contribution < -0.4 is 0 Å². The van der Waals surface area contributed by atoms with Crippen LogP contribution in [0.15, 0.2) is 42.2 Å². The Kier molecular flexibility index (Phi) is 10.5. The lowest BCUT2D eigenvalue weighted by molar-refractivity contribution is -0.147. The SMILES string of the molecule is CC(C)OC(=O)CCCCCCN1C(=O)CCC[C@@H]1C/C=C(\O)Cc1ccccc1. The number of nitrogens with zero attached hydrogens (tertiary/aromatic N) is 1. The summed E-state index contributed by atoms with van der Waals surface area (Å²) >= 11 is 0. The zero-order chi connectivity index (χ0) is 21.8. The number of allylic oxidation sites excluding steroid dienone is 1. The molecule has 1 aliphatic rings. The molecule has 1 aromatic carbocycles. The van der Waals surface area contributed by atoms with E-state index in [4.69, 9.17) is 4.74 Å². The first-order valence-corrected chi connectivity index (χ1v) is 11.4. The minimum absolute atomic E-state index is 0.0549. The van der Waals surface area contributed by atoms with Crippen molar-refractivity contribution in [2.24, 2.45) is 0 Å². The zero-order valence-corrected chi connectivity index (χ0v) is 18.5. The predicted molar refractivity (Wildman–Crippen MR) is 119 cm³/mol. The van der Waals surface area contributed by atoms with Crippen LogP contribution in [0, 0.1) is 0 Å². The molecule has 5 heteroatoms. The normalized spacial score (nSPS) is 17.4. The maximum atomic E-state index is 12.4. The van der Waals surface area contributed by atoms with Gasteiger partial charge < -0.3 is 14.7 Å². The molecule has 0 unspecified atom stereocenters.